The first-order valence-corrected chi connectivity index (χ1v) is 44.1. The summed E-state index contributed by atoms with van der Waals surface area (Å²) < 4.78 is 32.0. The van der Waals surface area contributed by atoms with Gasteiger partial charge in [0.1, 0.15) is 57.5 Å². The van der Waals surface area contributed by atoms with Gasteiger partial charge in [-0.15, -0.1) is 0 Å². The van der Waals surface area contributed by atoms with Crippen molar-refractivity contribution < 1.29 is 23.7 Å². The van der Waals surface area contributed by atoms with E-state index in [9.17, 15) is 0 Å². The standard InChI is InChI=1S/3C22H23NO.C22H27NO.C20H23NO/c1-13-5-3-6-15-9-18-14(2)19-10-16-7-4-8-23-20(16)12-22(19)24-21(18)11-17(13)15;1-13-18-11-16-7-5-9-23-20(16)12-21(18)24-22-14(2)17-8-4-3-6-15(17)10-19(13)22;1-4-23-12-11-19-20(23)10-9-17-14(3)16-8-7-15-13(2)5-6-18(15)21(16)24-22(17)19;1-7-9-17-13(3)10-19-15(5)18-11-14(4)20(23-8-2)12-21(18)24-22(19)16(17)6;1-6-15-10-19-16(8-12(15)3)14(5)17-9-13(4)18(21-7-2)11-20(17)22-19/h9-12,23H,3-8H2,1-2H3;8,10-12,23H,3-7,9H2,1-2H3;7-10H,4-6,11-12H2,1-3H3;9-12,23H,7-8H2,1-6H3;6,8-11,21H,7H2,1-5H3/b;;;17-9+;15-6-. The third-order valence-electron chi connectivity index (χ3n) is 27.0. The lowest BCUT2D eigenvalue weighted by molar-refractivity contribution is 0.461. The van der Waals surface area contributed by atoms with Crippen LogP contribution >= 0.6 is 0 Å². The van der Waals surface area contributed by atoms with Crippen molar-refractivity contribution in [3.8, 4) is 57.5 Å². The maximum Gasteiger partial charge on any atom is 0.140 e. The van der Waals surface area contributed by atoms with Gasteiger partial charge in [0.2, 0.25) is 0 Å². The van der Waals surface area contributed by atoms with Crippen LogP contribution in [-0.4, -0.2) is 39.3 Å². The fourth-order valence-electron chi connectivity index (χ4n) is 20.2. The summed E-state index contributed by atoms with van der Waals surface area (Å²) in [6.45, 7) is 45.5. The van der Waals surface area contributed by atoms with Gasteiger partial charge in [-0.05, 0) is 390 Å². The Labute approximate surface area is 698 Å². The Kier molecular flexibility index (Phi) is 22.0. The molecule has 21 rings (SSSR count). The third-order valence-corrected chi connectivity index (χ3v) is 27.0. The van der Waals surface area contributed by atoms with Crippen molar-refractivity contribution >= 4 is 85.7 Å². The van der Waals surface area contributed by atoms with Crippen molar-refractivity contribution in [2.75, 3.05) is 65.4 Å². The molecular formula is C108H119N5O5. The van der Waals surface area contributed by atoms with Crippen molar-refractivity contribution in [3.05, 3.63) is 256 Å². The number of likely N-dealkylation sites (N-methyl/N-ethyl adjacent to an activating group) is 1. The molecule has 3 aliphatic carbocycles. The number of rotatable bonds is 6. The second kappa shape index (κ2) is 32.7. The van der Waals surface area contributed by atoms with Crippen molar-refractivity contribution in [2.45, 2.75) is 215 Å². The van der Waals surface area contributed by atoms with Gasteiger partial charge >= 0.3 is 0 Å². The van der Waals surface area contributed by atoms with Crippen LogP contribution in [0.2, 0.25) is 0 Å². The van der Waals surface area contributed by atoms with Gasteiger partial charge in [0.25, 0.3) is 0 Å². The summed E-state index contributed by atoms with van der Waals surface area (Å²) in [7, 11) is 0. The Hall–Kier alpha value is -11.1. The molecule has 0 fully saturated rings. The molecule has 0 radical (unpaired) electrons. The zero-order valence-electron chi connectivity index (χ0n) is 73.3. The van der Waals surface area contributed by atoms with Crippen LogP contribution in [0.1, 0.15) is 229 Å². The minimum atomic E-state index is 0.909. The van der Waals surface area contributed by atoms with Crippen LogP contribution in [0.15, 0.2) is 109 Å². The van der Waals surface area contributed by atoms with Crippen LogP contribution in [-0.2, 0) is 38.5 Å². The van der Waals surface area contributed by atoms with E-state index in [2.05, 4.69) is 278 Å². The summed E-state index contributed by atoms with van der Waals surface area (Å²) >= 11 is 0. The van der Waals surface area contributed by atoms with E-state index in [-0.39, 0.29) is 0 Å². The number of aryl methyl sites for hydroxylation is 8. The minimum absolute atomic E-state index is 0.909. The topological polar surface area (TPSA) is 97.5 Å². The first kappa shape index (κ1) is 79.4. The average molecular weight is 1570 g/mol. The first-order chi connectivity index (χ1) is 57.1. The fourth-order valence-corrected chi connectivity index (χ4v) is 20.2. The fraction of sp³-hybridized carbons (Fsp3) is 0.352. The highest BCUT2D eigenvalue weighted by molar-refractivity contribution is 5.84. The zero-order chi connectivity index (χ0) is 82.2. The molecule has 10 nitrogen and oxygen atoms in total. The summed E-state index contributed by atoms with van der Waals surface area (Å²) in [4.78, 5) is 2.46. The molecule has 0 saturated carbocycles. The Bertz CT molecular complexity index is 6590. The summed E-state index contributed by atoms with van der Waals surface area (Å²) in [5.41, 5.74) is 38.3. The monoisotopic (exact) mass is 1570 g/mol. The molecule has 0 saturated heterocycles. The van der Waals surface area contributed by atoms with Crippen LogP contribution in [0.3, 0.4) is 0 Å². The van der Waals surface area contributed by atoms with E-state index in [1.165, 1.54) is 254 Å². The highest BCUT2D eigenvalue weighted by Gasteiger charge is 2.32. The van der Waals surface area contributed by atoms with Crippen molar-refractivity contribution in [1.82, 2.24) is 0 Å². The third kappa shape index (κ3) is 14.4. The molecule has 0 amide bonds. The van der Waals surface area contributed by atoms with E-state index in [4.69, 9.17) is 23.7 Å². The smallest absolute Gasteiger partial charge is 0.140 e. The first-order valence-electron chi connectivity index (χ1n) is 44.1. The van der Waals surface area contributed by atoms with E-state index in [0.717, 1.165) is 147 Å². The number of anilines is 5. The molecule has 4 N–H and O–H groups in total. The second-order valence-electron chi connectivity index (χ2n) is 34.5. The molecule has 0 aromatic heterocycles. The Morgan fingerprint density at radius 2 is 0.932 bits per heavy atom. The number of ether oxygens (including phenoxy) is 5. The Morgan fingerprint density at radius 3 is 1.58 bits per heavy atom. The van der Waals surface area contributed by atoms with Crippen LogP contribution in [0.25, 0.3) is 57.2 Å². The van der Waals surface area contributed by atoms with Gasteiger partial charge in [0, 0.05) is 157 Å². The van der Waals surface area contributed by atoms with E-state index in [1.54, 1.807) is 0 Å². The molecule has 8 aliphatic heterocycles. The maximum atomic E-state index is 6.61. The molecule has 0 spiro atoms. The van der Waals surface area contributed by atoms with Crippen LogP contribution in [0.5, 0.6) is 57.5 Å². The van der Waals surface area contributed by atoms with Gasteiger partial charge in [-0.25, -0.2) is 0 Å². The largest absolute Gasteiger partial charge is 0.456 e. The van der Waals surface area contributed by atoms with Gasteiger partial charge < -0.3 is 49.9 Å². The molecule has 0 unspecified atom stereocenters. The summed E-state index contributed by atoms with van der Waals surface area (Å²) in [5, 5.41) is 26.9. The van der Waals surface area contributed by atoms with Crippen LogP contribution < -0.4 is 102 Å². The zero-order valence-corrected chi connectivity index (χ0v) is 73.3. The molecule has 118 heavy (non-hydrogen) atoms. The summed E-state index contributed by atoms with van der Waals surface area (Å²) in [6.07, 6.45) is 23.3. The SMILES string of the molecule is C/C=c1/cc2c(cc1C)=C(C)c1cc(C)c(NCC)cc1O2.CC/C=c1\c(C)cc2c(c1C)Oc1cc(NCC)c(C)cc1C=2C.CC1=c2cc3c(c(C)c2Oc2cc4c(cc21)CCCN4)=CCCC3.CC1=c2cc3c(cc2CCC1)=C(C)c1cc2c(cc1O3)NCCC2.CCN1CCc2c1ccc1c2Oc2c3c(ccc2=C1C)=C(C)CC3. The van der Waals surface area contributed by atoms with Gasteiger partial charge in [-0.3, -0.25) is 0 Å². The summed E-state index contributed by atoms with van der Waals surface area (Å²) in [6, 6.07) is 40.6. The van der Waals surface area contributed by atoms with Gasteiger partial charge in [0.05, 0.1) is 0 Å². The summed E-state index contributed by atoms with van der Waals surface area (Å²) in [5.74, 6) is 10.2. The highest BCUT2D eigenvalue weighted by Crippen LogP contribution is 2.47. The van der Waals surface area contributed by atoms with Gasteiger partial charge in [0.15, 0.2) is 0 Å². The number of nitrogens with one attached hydrogen (secondary N) is 4. The quantitative estimate of drug-likeness (QED) is 0.129. The normalized spacial score (nSPS) is 16.0. The lowest BCUT2D eigenvalue weighted by Crippen LogP contribution is -2.27. The van der Waals surface area contributed by atoms with E-state index in [0.29, 0.717) is 0 Å². The number of hydrogen-bond acceptors (Lipinski definition) is 10. The minimum Gasteiger partial charge on any atom is -0.456 e. The lowest BCUT2D eigenvalue weighted by Gasteiger charge is -2.26. The molecule has 8 heterocycles. The van der Waals surface area contributed by atoms with E-state index in [1.807, 2.05) is 0 Å². The second-order valence-corrected chi connectivity index (χ2v) is 34.5. The van der Waals surface area contributed by atoms with Gasteiger partial charge in [-0.1, -0.05) is 48.4 Å². The molecule has 11 aliphatic rings. The van der Waals surface area contributed by atoms with Crippen molar-refractivity contribution in [1.29, 1.82) is 0 Å². The molecule has 0 bridgehead atoms. The number of fused-ring (bicyclic) bond motifs is 18. The van der Waals surface area contributed by atoms with Crippen molar-refractivity contribution in [3.63, 3.8) is 0 Å². The Morgan fingerprint density at radius 1 is 0.390 bits per heavy atom. The van der Waals surface area contributed by atoms with E-state index >= 15 is 0 Å². The molecule has 10 heteroatoms. The molecular weight excluding hydrogens is 1450 g/mol. The number of nitrogens with zero attached hydrogens (tertiary/aromatic N) is 1. The molecule has 10 aromatic rings. The van der Waals surface area contributed by atoms with Gasteiger partial charge in [-0.2, -0.15) is 0 Å². The van der Waals surface area contributed by atoms with E-state index < -0.39 is 0 Å². The van der Waals surface area contributed by atoms with Crippen LogP contribution in [0.4, 0.5) is 28.4 Å². The lowest BCUT2D eigenvalue weighted by atomic mass is 9.90. The molecule has 10 aromatic carbocycles. The number of hydrogen-bond donors (Lipinski definition) is 4. The average Bonchev–Trinajstić information content (AvgIpc) is 1.42. The van der Waals surface area contributed by atoms with Crippen LogP contribution in [0, 0.1) is 41.5 Å². The molecule has 0 atom stereocenters. The number of benzene rings is 10. The Balaban J connectivity index is 0.000000106. The van der Waals surface area contributed by atoms with Crippen molar-refractivity contribution in [2.24, 2.45) is 0 Å². The predicted octanol–water partition coefficient (Wildman–Crippen LogP) is 19.6. The maximum absolute atomic E-state index is 6.61. The molecule has 606 valence electrons. The predicted molar refractivity (Wildman–Crippen MR) is 496 cm³/mol. The highest BCUT2D eigenvalue weighted by atomic mass is 16.5.